The van der Waals surface area contributed by atoms with E-state index in [1.807, 2.05) is 53.2 Å². The molecule has 2 aromatic heterocycles. The molecule has 1 aromatic carbocycles. The van der Waals surface area contributed by atoms with Crippen molar-refractivity contribution in [3.8, 4) is 5.69 Å². The lowest BCUT2D eigenvalue weighted by Gasteiger charge is -2.27. The molecule has 0 radical (unpaired) electrons. The van der Waals surface area contributed by atoms with Crippen molar-refractivity contribution in [3.05, 3.63) is 78.6 Å². The first-order chi connectivity index (χ1) is 12.2. The van der Waals surface area contributed by atoms with Crippen LogP contribution >= 0.6 is 0 Å². The second kappa shape index (κ2) is 7.72. The number of hydrogen-bond acceptors (Lipinski definition) is 4. The Kier molecular flexibility index (Phi) is 5.20. The maximum absolute atomic E-state index is 12.9. The zero-order chi connectivity index (χ0) is 17.6. The summed E-state index contributed by atoms with van der Waals surface area (Å²) in [7, 11) is 3.39. The first-order valence-electron chi connectivity index (χ1n) is 7.96. The molecule has 0 fully saturated rings. The van der Waals surface area contributed by atoms with Crippen LogP contribution in [0, 0.1) is 0 Å². The number of rotatable bonds is 6. The molecule has 0 aliphatic heterocycles. The molecule has 3 aromatic rings. The summed E-state index contributed by atoms with van der Waals surface area (Å²) < 4.78 is 7.18. The second-order valence-electron chi connectivity index (χ2n) is 5.66. The van der Waals surface area contributed by atoms with Crippen molar-refractivity contribution in [2.24, 2.45) is 0 Å². The van der Waals surface area contributed by atoms with E-state index < -0.39 is 0 Å². The summed E-state index contributed by atoms with van der Waals surface area (Å²) in [5.41, 5.74) is 2.37. The van der Waals surface area contributed by atoms with Gasteiger partial charge in [0.1, 0.15) is 0 Å². The Labute approximate surface area is 146 Å². The van der Waals surface area contributed by atoms with Crippen LogP contribution in [0.2, 0.25) is 0 Å². The molecule has 0 bridgehead atoms. The van der Waals surface area contributed by atoms with Gasteiger partial charge in [-0.3, -0.25) is 9.78 Å². The van der Waals surface area contributed by atoms with Gasteiger partial charge in [0.2, 0.25) is 0 Å². The van der Waals surface area contributed by atoms with Crippen LogP contribution in [0.4, 0.5) is 0 Å². The standard InChI is InChI=1S/C19H20N4O2/c1-22(18(13-25-2)17-5-3-4-10-21-17)19(24)15-6-8-16(9-7-15)23-12-11-20-14-23/h3-12,14,18H,13H2,1-2H3. The van der Waals surface area contributed by atoms with E-state index in [1.54, 1.807) is 37.8 Å². The lowest BCUT2D eigenvalue weighted by atomic mass is 10.1. The minimum Gasteiger partial charge on any atom is -0.382 e. The van der Waals surface area contributed by atoms with E-state index in [4.69, 9.17) is 4.74 Å². The smallest absolute Gasteiger partial charge is 0.254 e. The number of likely N-dealkylation sites (N-methyl/N-ethyl adjacent to an activating group) is 1. The molecule has 6 nitrogen and oxygen atoms in total. The topological polar surface area (TPSA) is 60.2 Å². The van der Waals surface area contributed by atoms with Gasteiger partial charge >= 0.3 is 0 Å². The highest BCUT2D eigenvalue weighted by Crippen LogP contribution is 2.20. The maximum atomic E-state index is 12.9. The molecule has 3 rings (SSSR count). The number of benzene rings is 1. The highest BCUT2D eigenvalue weighted by molar-refractivity contribution is 5.94. The molecule has 0 aliphatic rings. The molecule has 0 saturated heterocycles. The third kappa shape index (κ3) is 3.75. The number of imidazole rings is 1. The van der Waals surface area contributed by atoms with Gasteiger partial charge in [-0.05, 0) is 36.4 Å². The molecular formula is C19H20N4O2. The normalized spacial score (nSPS) is 11.9. The van der Waals surface area contributed by atoms with Gasteiger partial charge in [-0.15, -0.1) is 0 Å². The Bertz CT molecular complexity index is 801. The van der Waals surface area contributed by atoms with Crippen LogP contribution in [0.1, 0.15) is 22.1 Å². The highest BCUT2D eigenvalue weighted by atomic mass is 16.5. The average molecular weight is 336 g/mol. The third-order valence-electron chi connectivity index (χ3n) is 4.06. The van der Waals surface area contributed by atoms with Gasteiger partial charge in [0.15, 0.2) is 0 Å². The zero-order valence-electron chi connectivity index (χ0n) is 14.2. The minimum atomic E-state index is -0.243. The largest absolute Gasteiger partial charge is 0.382 e. The van der Waals surface area contributed by atoms with Crippen molar-refractivity contribution in [2.75, 3.05) is 20.8 Å². The van der Waals surface area contributed by atoms with Crippen LogP contribution < -0.4 is 0 Å². The van der Waals surface area contributed by atoms with Crippen molar-refractivity contribution in [3.63, 3.8) is 0 Å². The molecule has 0 aliphatic carbocycles. The van der Waals surface area contributed by atoms with Gasteiger partial charge < -0.3 is 14.2 Å². The quantitative estimate of drug-likeness (QED) is 0.694. The first-order valence-corrected chi connectivity index (χ1v) is 7.96. The number of hydrogen-bond donors (Lipinski definition) is 0. The summed E-state index contributed by atoms with van der Waals surface area (Å²) in [6.45, 7) is 0.381. The maximum Gasteiger partial charge on any atom is 0.254 e. The molecule has 0 N–H and O–H groups in total. The summed E-state index contributed by atoms with van der Waals surface area (Å²) in [6, 6.07) is 12.8. The van der Waals surface area contributed by atoms with Crippen molar-refractivity contribution >= 4 is 5.91 Å². The predicted molar refractivity (Wildman–Crippen MR) is 94.5 cm³/mol. The van der Waals surface area contributed by atoms with Crippen molar-refractivity contribution in [2.45, 2.75) is 6.04 Å². The zero-order valence-corrected chi connectivity index (χ0v) is 14.2. The van der Waals surface area contributed by atoms with Crippen LogP contribution in [0.3, 0.4) is 0 Å². The Morgan fingerprint density at radius 2 is 2.00 bits per heavy atom. The molecule has 128 valence electrons. The number of amides is 1. The summed E-state index contributed by atoms with van der Waals surface area (Å²) in [5.74, 6) is -0.0788. The van der Waals surface area contributed by atoms with E-state index in [0.717, 1.165) is 11.4 Å². The van der Waals surface area contributed by atoms with E-state index in [1.165, 1.54) is 0 Å². The lowest BCUT2D eigenvalue weighted by molar-refractivity contribution is 0.0595. The van der Waals surface area contributed by atoms with Gasteiger partial charge in [-0.2, -0.15) is 0 Å². The van der Waals surface area contributed by atoms with Crippen LogP contribution in [0.25, 0.3) is 5.69 Å². The van der Waals surface area contributed by atoms with Gasteiger partial charge in [0, 0.05) is 44.0 Å². The Hall–Kier alpha value is -2.99. The van der Waals surface area contributed by atoms with Gasteiger partial charge in [-0.1, -0.05) is 6.07 Å². The molecular weight excluding hydrogens is 316 g/mol. The van der Waals surface area contributed by atoms with E-state index in [2.05, 4.69) is 9.97 Å². The van der Waals surface area contributed by atoms with Crippen LogP contribution in [-0.4, -0.2) is 46.1 Å². The van der Waals surface area contributed by atoms with Gasteiger partial charge in [0.05, 0.1) is 24.7 Å². The molecule has 0 spiro atoms. The van der Waals surface area contributed by atoms with Crippen LogP contribution in [0.5, 0.6) is 0 Å². The molecule has 25 heavy (non-hydrogen) atoms. The van der Waals surface area contributed by atoms with E-state index in [-0.39, 0.29) is 11.9 Å². The minimum absolute atomic E-state index is 0.0788. The number of methoxy groups -OCH3 is 1. The monoisotopic (exact) mass is 336 g/mol. The molecule has 1 atom stereocenters. The van der Waals surface area contributed by atoms with E-state index in [9.17, 15) is 4.79 Å². The van der Waals surface area contributed by atoms with Crippen molar-refractivity contribution < 1.29 is 9.53 Å². The van der Waals surface area contributed by atoms with Gasteiger partial charge in [0.25, 0.3) is 5.91 Å². The Morgan fingerprint density at radius 3 is 2.60 bits per heavy atom. The number of pyridine rings is 1. The van der Waals surface area contributed by atoms with Gasteiger partial charge in [-0.25, -0.2) is 4.98 Å². The fraction of sp³-hybridized carbons (Fsp3) is 0.211. The third-order valence-corrected chi connectivity index (χ3v) is 4.06. The Morgan fingerprint density at radius 1 is 1.20 bits per heavy atom. The number of carbonyl (C=O) groups excluding carboxylic acids is 1. The van der Waals surface area contributed by atoms with Crippen molar-refractivity contribution in [1.82, 2.24) is 19.4 Å². The second-order valence-corrected chi connectivity index (χ2v) is 5.66. The SMILES string of the molecule is COCC(c1ccccn1)N(C)C(=O)c1ccc(-n2ccnc2)cc1. The number of nitrogens with zero attached hydrogens (tertiary/aromatic N) is 4. The fourth-order valence-corrected chi connectivity index (χ4v) is 2.66. The molecule has 0 saturated carbocycles. The van der Waals surface area contributed by atoms with Crippen LogP contribution in [-0.2, 0) is 4.74 Å². The molecule has 6 heteroatoms. The molecule has 1 unspecified atom stereocenters. The van der Waals surface area contributed by atoms with Crippen molar-refractivity contribution in [1.29, 1.82) is 0 Å². The van der Waals surface area contributed by atoms with Crippen LogP contribution in [0.15, 0.2) is 67.4 Å². The first kappa shape index (κ1) is 16.9. The Balaban J connectivity index is 1.80. The summed E-state index contributed by atoms with van der Waals surface area (Å²) in [4.78, 5) is 22.9. The fourth-order valence-electron chi connectivity index (χ4n) is 2.66. The van der Waals surface area contributed by atoms with E-state index >= 15 is 0 Å². The number of aromatic nitrogens is 3. The average Bonchev–Trinajstić information content (AvgIpc) is 3.20. The molecule has 2 heterocycles. The summed E-state index contributed by atoms with van der Waals surface area (Å²) >= 11 is 0. The molecule has 1 amide bonds. The predicted octanol–water partition coefficient (Wildman–Crippen LogP) is 2.73. The number of ether oxygens (including phenoxy) is 1. The summed E-state index contributed by atoms with van der Waals surface area (Å²) in [5, 5.41) is 0. The van der Waals surface area contributed by atoms with E-state index in [0.29, 0.717) is 12.2 Å². The lowest BCUT2D eigenvalue weighted by Crippen LogP contribution is -2.34. The summed E-state index contributed by atoms with van der Waals surface area (Å²) in [6.07, 6.45) is 7.02. The number of carbonyl (C=O) groups is 1. The highest BCUT2D eigenvalue weighted by Gasteiger charge is 2.23.